The Morgan fingerprint density at radius 2 is 1.50 bits per heavy atom. The van der Waals surface area contributed by atoms with Gasteiger partial charge in [0.1, 0.15) is 11.5 Å². The van der Waals surface area contributed by atoms with Crippen LogP contribution in [0.15, 0.2) is 18.2 Å². The van der Waals surface area contributed by atoms with E-state index >= 15 is 0 Å². The number of aromatic amines is 1. The minimum atomic E-state index is -0.641. The van der Waals surface area contributed by atoms with E-state index in [4.69, 9.17) is 0 Å². The number of aromatic hydroxyl groups is 5. The smallest absolute Gasteiger partial charge is 0.202 e. The molecule has 6 nitrogen and oxygen atoms in total. The molecule has 0 saturated carbocycles. The predicted octanol–water partition coefficient (Wildman–Crippen LogP) is 1.85. The number of aromatic nitrogens is 1. The zero-order valence-corrected chi connectivity index (χ0v) is 8.97. The van der Waals surface area contributed by atoms with Crippen molar-refractivity contribution in [1.82, 2.24) is 4.98 Å². The fraction of sp³-hybridized carbons (Fsp3) is 0. The Hall–Kier alpha value is -2.76. The lowest BCUT2D eigenvalue weighted by Gasteiger charge is -2.02. The van der Waals surface area contributed by atoms with E-state index in [1.54, 1.807) is 0 Å². The van der Waals surface area contributed by atoms with E-state index < -0.39 is 17.2 Å². The average Bonchev–Trinajstić information content (AvgIpc) is 2.64. The zero-order chi connectivity index (χ0) is 13.0. The van der Waals surface area contributed by atoms with E-state index in [-0.39, 0.29) is 17.0 Å². The number of hydrogen-bond donors (Lipinski definition) is 6. The van der Waals surface area contributed by atoms with E-state index in [0.717, 1.165) is 6.07 Å². The van der Waals surface area contributed by atoms with Gasteiger partial charge in [-0.1, -0.05) is 0 Å². The van der Waals surface area contributed by atoms with Crippen LogP contribution >= 0.6 is 0 Å². The summed E-state index contributed by atoms with van der Waals surface area (Å²) in [7, 11) is 0. The predicted molar refractivity (Wildman–Crippen MR) is 64.1 cm³/mol. The Bertz CT molecular complexity index is 790. The molecule has 6 heteroatoms. The van der Waals surface area contributed by atoms with Crippen molar-refractivity contribution in [3.63, 3.8) is 0 Å². The number of benzene rings is 2. The lowest BCUT2D eigenvalue weighted by atomic mass is 10.1. The first-order valence-electron chi connectivity index (χ1n) is 5.10. The highest BCUT2D eigenvalue weighted by Gasteiger charge is 2.17. The van der Waals surface area contributed by atoms with Gasteiger partial charge in [0.25, 0.3) is 0 Å². The minimum Gasteiger partial charge on any atom is -0.508 e. The van der Waals surface area contributed by atoms with Crippen molar-refractivity contribution < 1.29 is 25.5 Å². The summed E-state index contributed by atoms with van der Waals surface area (Å²) in [6.45, 7) is 0. The van der Waals surface area contributed by atoms with Gasteiger partial charge in [-0.05, 0) is 6.07 Å². The number of hydrogen-bond acceptors (Lipinski definition) is 5. The third kappa shape index (κ3) is 1.17. The van der Waals surface area contributed by atoms with Gasteiger partial charge in [0.05, 0.1) is 11.0 Å². The molecule has 0 aliphatic rings. The maximum atomic E-state index is 9.78. The van der Waals surface area contributed by atoms with Gasteiger partial charge in [-0.2, -0.15) is 0 Å². The summed E-state index contributed by atoms with van der Waals surface area (Å²) in [4.78, 5) is 2.75. The Morgan fingerprint density at radius 1 is 0.778 bits per heavy atom. The number of phenols is 5. The lowest BCUT2D eigenvalue weighted by Crippen LogP contribution is -1.74. The molecule has 0 aliphatic heterocycles. The molecule has 0 amide bonds. The van der Waals surface area contributed by atoms with Crippen LogP contribution in [0.3, 0.4) is 0 Å². The summed E-state index contributed by atoms with van der Waals surface area (Å²) < 4.78 is 0. The van der Waals surface area contributed by atoms with E-state index in [9.17, 15) is 25.5 Å². The van der Waals surface area contributed by atoms with Crippen LogP contribution in [0.5, 0.6) is 28.7 Å². The second-order valence-corrected chi connectivity index (χ2v) is 4.03. The molecule has 0 spiro atoms. The maximum absolute atomic E-state index is 9.78. The first kappa shape index (κ1) is 10.4. The summed E-state index contributed by atoms with van der Waals surface area (Å²) in [5.41, 5.74) is 0.545. The van der Waals surface area contributed by atoms with Gasteiger partial charge in [0, 0.05) is 22.9 Å². The normalized spacial score (nSPS) is 11.3. The average molecular weight is 247 g/mol. The zero-order valence-electron chi connectivity index (χ0n) is 8.97. The largest absolute Gasteiger partial charge is 0.508 e. The number of phenolic OH excluding ortho intramolecular Hbond substituents is 5. The lowest BCUT2D eigenvalue weighted by molar-refractivity contribution is 0.371. The maximum Gasteiger partial charge on any atom is 0.202 e. The Kier molecular flexibility index (Phi) is 1.81. The Morgan fingerprint density at radius 3 is 2.22 bits per heavy atom. The van der Waals surface area contributed by atoms with Crippen LogP contribution in [0.4, 0.5) is 0 Å². The highest BCUT2D eigenvalue weighted by atomic mass is 16.3. The SMILES string of the molecule is Oc1cc(O)c2c(c1)[nH]c1c(O)c(O)c(O)cc12. The van der Waals surface area contributed by atoms with E-state index in [1.165, 1.54) is 12.1 Å². The molecule has 0 fully saturated rings. The third-order valence-electron chi connectivity index (χ3n) is 2.89. The standard InChI is InChI=1S/C12H9NO5/c14-4-1-6-9(7(15)2-4)5-3-8(16)11(17)12(18)10(5)13-6/h1-3,13-18H. The molecule has 2 aromatic carbocycles. The molecule has 0 radical (unpaired) electrons. The molecular formula is C12H9NO5. The van der Waals surface area contributed by atoms with Crippen molar-refractivity contribution in [1.29, 1.82) is 0 Å². The highest BCUT2D eigenvalue weighted by Crippen LogP contribution is 2.45. The molecule has 6 N–H and O–H groups in total. The fourth-order valence-electron chi connectivity index (χ4n) is 2.10. The number of rotatable bonds is 0. The quantitative estimate of drug-likeness (QED) is 0.339. The van der Waals surface area contributed by atoms with Crippen LogP contribution in [-0.2, 0) is 0 Å². The van der Waals surface area contributed by atoms with Gasteiger partial charge in [-0.15, -0.1) is 0 Å². The monoisotopic (exact) mass is 247 g/mol. The van der Waals surface area contributed by atoms with Gasteiger partial charge in [-0.25, -0.2) is 0 Å². The van der Waals surface area contributed by atoms with Gasteiger partial charge in [0.15, 0.2) is 11.5 Å². The molecular weight excluding hydrogens is 238 g/mol. The highest BCUT2D eigenvalue weighted by molar-refractivity contribution is 6.13. The fourth-order valence-corrected chi connectivity index (χ4v) is 2.10. The van der Waals surface area contributed by atoms with Crippen LogP contribution in [0.25, 0.3) is 21.8 Å². The van der Waals surface area contributed by atoms with Crippen molar-refractivity contribution in [3.05, 3.63) is 18.2 Å². The molecule has 0 atom stereocenters. The van der Waals surface area contributed by atoms with Crippen molar-refractivity contribution in [2.24, 2.45) is 0 Å². The van der Waals surface area contributed by atoms with Gasteiger partial charge >= 0.3 is 0 Å². The minimum absolute atomic E-state index is 0.139. The van der Waals surface area contributed by atoms with Crippen LogP contribution in [-0.4, -0.2) is 30.5 Å². The van der Waals surface area contributed by atoms with Crippen LogP contribution < -0.4 is 0 Å². The molecule has 1 heterocycles. The number of nitrogens with one attached hydrogen (secondary N) is 1. The van der Waals surface area contributed by atoms with E-state index in [0.29, 0.717) is 16.3 Å². The summed E-state index contributed by atoms with van der Waals surface area (Å²) in [5.74, 6) is -1.98. The van der Waals surface area contributed by atoms with E-state index in [2.05, 4.69) is 4.98 Å². The first-order chi connectivity index (χ1) is 8.49. The summed E-state index contributed by atoms with van der Waals surface area (Å²) >= 11 is 0. The summed E-state index contributed by atoms with van der Waals surface area (Å²) in [5, 5.41) is 48.4. The molecule has 3 rings (SSSR count). The van der Waals surface area contributed by atoms with Gasteiger partial charge in [0.2, 0.25) is 5.75 Å². The van der Waals surface area contributed by atoms with E-state index in [1.807, 2.05) is 0 Å². The van der Waals surface area contributed by atoms with Crippen molar-refractivity contribution >= 4 is 21.8 Å². The molecule has 0 unspecified atom stereocenters. The Labute approximate surface area is 100.0 Å². The second kappa shape index (κ2) is 3.13. The van der Waals surface area contributed by atoms with Crippen LogP contribution in [0, 0.1) is 0 Å². The van der Waals surface area contributed by atoms with Gasteiger partial charge in [-0.3, -0.25) is 0 Å². The topological polar surface area (TPSA) is 117 Å². The summed E-state index contributed by atoms with van der Waals surface area (Å²) in [6.07, 6.45) is 0. The summed E-state index contributed by atoms with van der Waals surface area (Å²) in [6, 6.07) is 3.74. The van der Waals surface area contributed by atoms with Crippen molar-refractivity contribution in [2.45, 2.75) is 0 Å². The van der Waals surface area contributed by atoms with Crippen molar-refractivity contribution in [3.8, 4) is 28.7 Å². The van der Waals surface area contributed by atoms with Crippen molar-refractivity contribution in [2.75, 3.05) is 0 Å². The number of fused-ring (bicyclic) bond motifs is 3. The third-order valence-corrected chi connectivity index (χ3v) is 2.89. The molecule has 92 valence electrons. The van der Waals surface area contributed by atoms with Gasteiger partial charge < -0.3 is 30.5 Å². The first-order valence-corrected chi connectivity index (χ1v) is 5.10. The van der Waals surface area contributed by atoms with Crippen LogP contribution in [0.1, 0.15) is 0 Å². The molecule has 1 aromatic heterocycles. The number of H-pyrrole nitrogens is 1. The molecule has 0 saturated heterocycles. The molecule has 18 heavy (non-hydrogen) atoms. The molecule has 0 aliphatic carbocycles. The molecule has 0 bridgehead atoms. The second-order valence-electron chi connectivity index (χ2n) is 4.03. The van der Waals surface area contributed by atoms with Crippen LogP contribution in [0.2, 0.25) is 0 Å². The Balaban J connectivity index is 2.60. The molecule has 3 aromatic rings.